The molecule has 0 saturated heterocycles. The van der Waals surface area contributed by atoms with E-state index >= 15 is 0 Å². The Morgan fingerprint density at radius 1 is 1.44 bits per heavy atom. The second-order valence-electron chi connectivity index (χ2n) is 4.12. The number of aromatic nitrogens is 1. The number of aromatic carboxylic acids is 1. The largest absolute Gasteiger partial charge is 0.477 e. The van der Waals surface area contributed by atoms with Crippen molar-refractivity contribution < 1.29 is 9.90 Å². The van der Waals surface area contributed by atoms with Gasteiger partial charge in [0, 0.05) is 16.6 Å². The van der Waals surface area contributed by atoms with Crippen LogP contribution in [-0.4, -0.2) is 15.6 Å². The third-order valence-electron chi connectivity index (χ3n) is 2.78. The molecule has 0 radical (unpaired) electrons. The van der Waals surface area contributed by atoms with Crippen molar-refractivity contribution in [3.8, 4) is 0 Å². The Morgan fingerprint density at radius 2 is 2.17 bits per heavy atom. The zero-order valence-corrected chi connectivity index (χ0v) is 11.0. The van der Waals surface area contributed by atoms with E-state index in [0.717, 1.165) is 10.4 Å². The maximum absolute atomic E-state index is 11.9. The summed E-state index contributed by atoms with van der Waals surface area (Å²) in [4.78, 5) is 24.0. The van der Waals surface area contributed by atoms with Gasteiger partial charge in [0.15, 0.2) is 0 Å². The minimum absolute atomic E-state index is 0.0417. The molecule has 1 N–H and O–H groups in total. The molecule has 0 aromatic carbocycles. The second-order valence-corrected chi connectivity index (χ2v) is 5.38. The Labute approximate surface area is 108 Å². The molecule has 0 unspecified atom stereocenters. The number of carboxylic acids is 1. The van der Waals surface area contributed by atoms with Crippen LogP contribution in [0.25, 0.3) is 0 Å². The van der Waals surface area contributed by atoms with Crippen LogP contribution in [0.3, 0.4) is 0 Å². The van der Waals surface area contributed by atoms with Gasteiger partial charge < -0.3 is 9.67 Å². The lowest BCUT2D eigenvalue weighted by Crippen LogP contribution is -2.21. The summed E-state index contributed by atoms with van der Waals surface area (Å²) in [6.45, 7) is 4.05. The third-order valence-corrected chi connectivity index (χ3v) is 3.86. The fraction of sp³-hybridized carbons (Fsp3) is 0.231. The van der Waals surface area contributed by atoms with Crippen LogP contribution in [0.1, 0.15) is 25.7 Å². The number of thiophene rings is 1. The summed E-state index contributed by atoms with van der Waals surface area (Å²) in [5.41, 5.74) is 1.52. The average Bonchev–Trinajstić information content (AvgIpc) is 2.67. The molecule has 0 aliphatic heterocycles. The highest BCUT2D eigenvalue weighted by molar-refractivity contribution is 7.14. The first-order chi connectivity index (χ1) is 8.49. The van der Waals surface area contributed by atoms with Crippen LogP contribution < -0.4 is 5.56 Å². The van der Waals surface area contributed by atoms with Crippen LogP contribution in [0.2, 0.25) is 0 Å². The van der Waals surface area contributed by atoms with Gasteiger partial charge in [0.2, 0.25) is 0 Å². The van der Waals surface area contributed by atoms with Crippen LogP contribution in [0.15, 0.2) is 29.2 Å². The predicted molar refractivity (Wildman–Crippen MR) is 70.6 cm³/mol. The van der Waals surface area contributed by atoms with Gasteiger partial charge in [-0.15, -0.1) is 11.3 Å². The van der Waals surface area contributed by atoms with Gasteiger partial charge in [0.1, 0.15) is 4.88 Å². The van der Waals surface area contributed by atoms with E-state index in [1.807, 2.05) is 13.0 Å². The normalized spacial score (nSPS) is 10.6. The van der Waals surface area contributed by atoms with Crippen molar-refractivity contribution in [1.82, 2.24) is 4.57 Å². The van der Waals surface area contributed by atoms with E-state index in [1.54, 1.807) is 29.8 Å². The van der Waals surface area contributed by atoms with Crippen LogP contribution in [0.4, 0.5) is 0 Å². The van der Waals surface area contributed by atoms with Crippen molar-refractivity contribution in [3.63, 3.8) is 0 Å². The van der Waals surface area contributed by atoms with Gasteiger partial charge in [-0.2, -0.15) is 0 Å². The maximum atomic E-state index is 11.9. The maximum Gasteiger partial charge on any atom is 0.345 e. The highest BCUT2D eigenvalue weighted by atomic mass is 32.1. The van der Waals surface area contributed by atoms with Gasteiger partial charge in [-0.1, -0.05) is 6.07 Å². The Kier molecular flexibility index (Phi) is 3.34. The summed E-state index contributed by atoms with van der Waals surface area (Å²) in [5.74, 6) is -0.925. The molecule has 0 spiro atoms. The number of pyridine rings is 1. The number of rotatable bonds is 3. The lowest BCUT2D eigenvalue weighted by molar-refractivity contribution is 0.0702. The molecule has 0 aliphatic rings. The van der Waals surface area contributed by atoms with Crippen molar-refractivity contribution >= 4 is 17.3 Å². The first kappa shape index (κ1) is 12.6. The fourth-order valence-corrected chi connectivity index (χ4v) is 2.62. The molecular formula is C13H13NO3S. The number of carbonyl (C=O) groups is 1. The zero-order valence-electron chi connectivity index (χ0n) is 10.1. The quantitative estimate of drug-likeness (QED) is 0.924. The average molecular weight is 263 g/mol. The molecule has 0 atom stereocenters. The fourth-order valence-electron chi connectivity index (χ4n) is 1.75. The standard InChI is InChI=1S/C13H13NO3S/c1-8-4-3-5-14(12(8)15)7-10-6-11(13(16)17)18-9(10)2/h3-6H,7H2,1-2H3,(H,16,17). The van der Waals surface area contributed by atoms with E-state index in [2.05, 4.69) is 0 Å². The Balaban J connectivity index is 2.37. The molecule has 4 nitrogen and oxygen atoms in total. The van der Waals surface area contributed by atoms with E-state index in [4.69, 9.17) is 5.11 Å². The number of carboxylic acid groups (broad SMARTS) is 1. The predicted octanol–water partition coefficient (Wildman–Crippen LogP) is 2.27. The van der Waals surface area contributed by atoms with E-state index < -0.39 is 5.97 Å². The van der Waals surface area contributed by atoms with Crippen molar-refractivity contribution in [2.24, 2.45) is 0 Å². The molecule has 0 saturated carbocycles. The lowest BCUT2D eigenvalue weighted by atomic mass is 10.2. The van der Waals surface area contributed by atoms with Crippen LogP contribution in [0, 0.1) is 13.8 Å². The summed E-state index contributed by atoms with van der Waals surface area (Å²) < 4.78 is 1.59. The van der Waals surface area contributed by atoms with Gasteiger partial charge >= 0.3 is 5.97 Å². The summed E-state index contributed by atoms with van der Waals surface area (Å²) in [6, 6.07) is 5.22. The Hall–Kier alpha value is -1.88. The van der Waals surface area contributed by atoms with Gasteiger partial charge in [-0.05, 0) is 31.5 Å². The van der Waals surface area contributed by atoms with Gasteiger partial charge in [0.05, 0.1) is 6.54 Å². The van der Waals surface area contributed by atoms with Crippen molar-refractivity contribution in [2.75, 3.05) is 0 Å². The van der Waals surface area contributed by atoms with Crippen LogP contribution >= 0.6 is 11.3 Å². The molecule has 2 heterocycles. The molecule has 2 aromatic heterocycles. The number of hydrogen-bond donors (Lipinski definition) is 1. The van der Waals surface area contributed by atoms with Gasteiger partial charge in [0.25, 0.3) is 5.56 Å². The molecule has 0 bridgehead atoms. The topological polar surface area (TPSA) is 59.3 Å². The van der Waals surface area contributed by atoms with Gasteiger partial charge in [-0.3, -0.25) is 4.79 Å². The summed E-state index contributed by atoms with van der Waals surface area (Å²) >= 11 is 1.24. The van der Waals surface area contributed by atoms with E-state index in [9.17, 15) is 9.59 Å². The molecule has 0 fully saturated rings. The van der Waals surface area contributed by atoms with Crippen LogP contribution in [0.5, 0.6) is 0 Å². The smallest absolute Gasteiger partial charge is 0.345 e. The monoisotopic (exact) mass is 263 g/mol. The third kappa shape index (κ3) is 2.36. The number of aryl methyl sites for hydroxylation is 2. The molecule has 0 amide bonds. The Morgan fingerprint density at radius 3 is 2.78 bits per heavy atom. The van der Waals surface area contributed by atoms with E-state index in [1.165, 1.54) is 11.3 Å². The SMILES string of the molecule is Cc1sc(C(=O)O)cc1Cn1cccc(C)c1=O. The summed E-state index contributed by atoms with van der Waals surface area (Å²) in [7, 11) is 0. The molecule has 5 heteroatoms. The highest BCUT2D eigenvalue weighted by Gasteiger charge is 2.11. The van der Waals surface area contributed by atoms with E-state index in [0.29, 0.717) is 17.0 Å². The lowest BCUT2D eigenvalue weighted by Gasteiger charge is -2.05. The Bertz CT molecular complexity index is 654. The van der Waals surface area contributed by atoms with Gasteiger partial charge in [-0.25, -0.2) is 4.79 Å². The molecule has 2 rings (SSSR count). The second kappa shape index (κ2) is 4.78. The summed E-state index contributed by atoms with van der Waals surface area (Å²) in [6.07, 6.45) is 1.72. The summed E-state index contributed by atoms with van der Waals surface area (Å²) in [5, 5.41) is 8.93. The first-order valence-electron chi connectivity index (χ1n) is 5.47. The molecule has 2 aromatic rings. The van der Waals surface area contributed by atoms with E-state index in [-0.39, 0.29) is 5.56 Å². The van der Waals surface area contributed by atoms with Crippen LogP contribution in [-0.2, 0) is 6.54 Å². The highest BCUT2D eigenvalue weighted by Crippen LogP contribution is 2.22. The van der Waals surface area contributed by atoms with Crippen molar-refractivity contribution in [2.45, 2.75) is 20.4 Å². The minimum atomic E-state index is -0.925. The minimum Gasteiger partial charge on any atom is -0.477 e. The molecule has 0 aliphatic carbocycles. The van der Waals surface area contributed by atoms with Crippen molar-refractivity contribution in [3.05, 3.63) is 55.6 Å². The number of hydrogen-bond acceptors (Lipinski definition) is 3. The molecule has 94 valence electrons. The first-order valence-corrected chi connectivity index (χ1v) is 6.29. The zero-order chi connectivity index (χ0) is 13.3. The number of nitrogens with zero attached hydrogens (tertiary/aromatic N) is 1. The van der Waals surface area contributed by atoms with Crippen molar-refractivity contribution in [1.29, 1.82) is 0 Å². The molecular weight excluding hydrogens is 250 g/mol. The molecule has 18 heavy (non-hydrogen) atoms.